The second kappa shape index (κ2) is 11.7. The van der Waals surface area contributed by atoms with Crippen molar-refractivity contribution in [2.75, 3.05) is 0 Å². The fourth-order valence-corrected chi connectivity index (χ4v) is 0.551. The Kier molecular flexibility index (Phi) is 17.7. The van der Waals surface area contributed by atoms with Crippen molar-refractivity contribution in [3.05, 3.63) is 0 Å². The topological polar surface area (TPSA) is 213 Å². The van der Waals surface area contributed by atoms with Gasteiger partial charge in [-0.1, -0.05) is 0 Å². The Morgan fingerprint density at radius 3 is 1.06 bits per heavy atom. The fourth-order valence-electron chi connectivity index (χ4n) is 0.184. The fraction of sp³-hybridized carbons (Fsp3) is 0. The monoisotopic (exact) mass is 360 g/mol. The quantitative estimate of drug-likeness (QED) is 0.257. The minimum atomic E-state index is -5.17. The van der Waals surface area contributed by atoms with Gasteiger partial charge in [-0.2, -0.15) is 8.42 Å². The van der Waals surface area contributed by atoms with Gasteiger partial charge in [-0.3, -0.25) is 8.42 Å². The molecule has 0 aliphatic rings. The van der Waals surface area contributed by atoms with Crippen molar-refractivity contribution in [1.82, 2.24) is 0 Å². The van der Waals surface area contributed by atoms with Gasteiger partial charge in [-0.25, -0.2) is 0 Å². The Balaban J connectivity index is -0.000000122. The van der Waals surface area contributed by atoms with E-state index in [1.54, 1.807) is 0 Å². The predicted molar refractivity (Wildman–Crippen MR) is 43.9 cm³/mol. The Bertz CT molecular complexity index is 416. The van der Waals surface area contributed by atoms with E-state index in [9.17, 15) is 28.2 Å². The Labute approximate surface area is 160 Å². The first-order valence-corrected chi connectivity index (χ1v) is 5.22. The number of hydrogen-bond donors (Lipinski definition) is 0. The van der Waals surface area contributed by atoms with Crippen molar-refractivity contribution >= 4 is 109 Å². The van der Waals surface area contributed by atoms with Crippen LogP contribution in [0.25, 0.3) is 0 Å². The molecular weight excluding hydrogens is 360 g/mol. The summed E-state index contributed by atoms with van der Waals surface area (Å²) in [7, 11) is -10.3. The van der Waals surface area contributed by atoms with Crippen LogP contribution >= 0.6 is 0 Å². The average molecular weight is 360 g/mol. The molecule has 0 saturated heterocycles. The third-order valence-corrected chi connectivity index (χ3v) is 1.02. The Hall–Kier alpha value is 0.879. The molecule has 0 aromatic heterocycles. The van der Waals surface area contributed by atoms with Gasteiger partial charge in [-0.15, -0.1) is 0 Å². The molecule has 0 radical (unpaired) electrons. The molecule has 0 spiro atoms. The van der Waals surface area contributed by atoms with Crippen LogP contribution in [0.1, 0.15) is 0 Å². The van der Waals surface area contributed by atoms with Gasteiger partial charge in [0.05, 0.1) is 0 Å². The van der Waals surface area contributed by atoms with Crippen LogP contribution in [0.4, 0.5) is 9.59 Å². The summed E-state index contributed by atoms with van der Waals surface area (Å²) in [5.41, 5.74) is 0. The van der Waals surface area contributed by atoms with Crippen molar-refractivity contribution in [2.45, 2.75) is 0 Å². The van der Waals surface area contributed by atoms with E-state index in [0.29, 0.717) is 0 Å². The summed E-state index contributed by atoms with van der Waals surface area (Å²) >= 11 is 0. The van der Waals surface area contributed by atoms with Gasteiger partial charge in [0, 0.05) is 10.4 Å². The second-order valence-corrected chi connectivity index (χ2v) is 3.45. The molecule has 0 aromatic rings. The van der Waals surface area contributed by atoms with E-state index in [2.05, 4.69) is 8.37 Å². The van der Waals surface area contributed by atoms with E-state index < -0.39 is 33.1 Å². The molecule has 12 nitrogen and oxygen atoms in total. The number of rotatable bonds is 2. The molecule has 0 amide bonds. The van der Waals surface area contributed by atoms with Gasteiger partial charge in [0.15, 0.2) is 0 Å². The molecule has 0 N–H and O–H groups in total. The minimum Gasteiger partial charge on any atom is -0.759 e. The Morgan fingerprint density at radius 2 is 0.944 bits per heavy atom. The van der Waals surface area contributed by atoms with Crippen molar-refractivity contribution in [3.8, 4) is 0 Å². The molecule has 0 atom stereocenters. The molecule has 0 aliphatic heterocycles. The molecule has 0 rings (SSSR count). The smallest absolute Gasteiger partial charge is 0.759 e. The molecule has 16 heteroatoms. The van der Waals surface area contributed by atoms with Crippen LogP contribution < -0.4 is 10.2 Å². The van der Waals surface area contributed by atoms with Crippen molar-refractivity contribution in [1.29, 1.82) is 0 Å². The molecule has 18 heavy (non-hydrogen) atoms. The van der Waals surface area contributed by atoms with E-state index in [1.165, 1.54) is 0 Å². The number of hydrogen-bond acceptors (Lipinski definition) is 12. The maximum atomic E-state index is 9.97. The zero-order valence-electron chi connectivity index (χ0n) is 8.13. The molecule has 0 unspecified atom stereocenters. The number of carbonyl (C=O) groups is 2. The van der Waals surface area contributed by atoms with Crippen LogP contribution in [-0.2, 0) is 29.2 Å². The summed E-state index contributed by atoms with van der Waals surface area (Å²) in [5.74, 6) is 0. The van der Waals surface area contributed by atoms with Crippen molar-refractivity contribution < 1.29 is 54.1 Å². The van der Waals surface area contributed by atoms with E-state index in [4.69, 9.17) is 17.5 Å². The molecule has 0 saturated carbocycles. The van der Waals surface area contributed by atoms with Gasteiger partial charge in [0.2, 0.25) is 0 Å². The Morgan fingerprint density at radius 1 is 0.778 bits per heavy atom. The summed E-state index contributed by atoms with van der Waals surface area (Å²) in [4.78, 5) is 18.8. The summed E-state index contributed by atoms with van der Waals surface area (Å²) < 4.78 is 59.8. The van der Waals surface area contributed by atoms with E-state index in [1.807, 2.05) is 0 Å². The first-order valence-electron chi connectivity index (χ1n) is 2.56. The van der Waals surface area contributed by atoms with Gasteiger partial charge in [0.1, 0.15) is 0 Å². The van der Waals surface area contributed by atoms with Crippen molar-refractivity contribution in [3.63, 3.8) is 0 Å². The number of carboxylic acid groups (broad SMARTS) is 2. The summed E-state index contributed by atoms with van der Waals surface area (Å²) in [6.07, 6.45) is -4.91. The zero-order chi connectivity index (χ0) is 13.6. The standard InChI is InChI=1S/C2H2O8S.2Ca.H2O4S/c3-1(4)9-11(7,8)10-2(5)6;;;1-5(2,3)4/h(H,3,4)(H,5,6);;;(H2,1,2,3,4)/q;2*+2;/p-4. The molecule has 0 aromatic carbocycles. The SMILES string of the molecule is O=C([O-])OS(=O)(=O)OC(=O)[O-].O=S(=O)([O-])[O-].[Ca+2].[Ca+2]. The van der Waals surface area contributed by atoms with E-state index in [-0.39, 0.29) is 75.5 Å². The second-order valence-electron chi connectivity index (χ2n) is 1.48. The molecule has 0 bridgehead atoms. The van der Waals surface area contributed by atoms with Crippen LogP contribution in [0.5, 0.6) is 0 Å². The normalized spacial score (nSPS) is 9.44. The maximum absolute atomic E-state index is 9.97. The number of carbonyl (C=O) groups excluding carboxylic acids is 2. The summed E-state index contributed by atoms with van der Waals surface area (Å²) in [6.45, 7) is 0. The summed E-state index contributed by atoms with van der Waals surface area (Å²) in [5, 5.41) is 18.8. The van der Waals surface area contributed by atoms with Gasteiger partial charge < -0.3 is 37.3 Å². The molecule has 0 heterocycles. The third-order valence-electron chi connectivity index (χ3n) is 0.340. The van der Waals surface area contributed by atoms with Crippen LogP contribution in [0.15, 0.2) is 0 Å². The van der Waals surface area contributed by atoms with E-state index in [0.717, 1.165) is 0 Å². The average Bonchev–Trinajstić information content (AvgIpc) is 1.72. The molecule has 96 valence electrons. The maximum Gasteiger partial charge on any atom is 2.00 e. The van der Waals surface area contributed by atoms with Crippen LogP contribution in [0.2, 0.25) is 0 Å². The minimum absolute atomic E-state index is 0. The zero-order valence-corrected chi connectivity index (χ0v) is 14.2. The largest absolute Gasteiger partial charge is 2.00 e. The first kappa shape index (κ1) is 27.3. The van der Waals surface area contributed by atoms with Crippen LogP contribution in [-0.4, -0.2) is 114 Å². The third kappa shape index (κ3) is 36.0. The van der Waals surface area contributed by atoms with Gasteiger partial charge >= 0.3 is 85.9 Å². The van der Waals surface area contributed by atoms with Crippen LogP contribution in [0.3, 0.4) is 0 Å². The molecule has 0 fully saturated rings. The predicted octanol–water partition coefficient (Wildman–Crippen LogP) is -5.15. The van der Waals surface area contributed by atoms with Crippen molar-refractivity contribution in [2.24, 2.45) is 0 Å². The summed E-state index contributed by atoms with van der Waals surface area (Å²) in [6, 6.07) is 0. The molecule has 0 aliphatic carbocycles. The van der Waals surface area contributed by atoms with E-state index >= 15 is 0 Å². The van der Waals surface area contributed by atoms with Crippen LogP contribution in [0, 0.1) is 0 Å². The van der Waals surface area contributed by atoms with Gasteiger partial charge in [0.25, 0.3) is 12.3 Å². The molecular formula is C2Ca2O12S2. The first-order chi connectivity index (χ1) is 6.83. The van der Waals surface area contributed by atoms with Gasteiger partial charge in [-0.05, 0) is 0 Å².